The molecule has 21 heavy (non-hydrogen) atoms. The predicted octanol–water partition coefficient (Wildman–Crippen LogP) is 1.75. The highest BCUT2D eigenvalue weighted by atomic mass is 35.5. The van der Waals surface area contributed by atoms with Gasteiger partial charge < -0.3 is 15.1 Å². The molecule has 0 spiro atoms. The summed E-state index contributed by atoms with van der Waals surface area (Å²) in [7, 11) is 2.02. The Balaban J connectivity index is 1.86. The third-order valence-electron chi connectivity index (χ3n) is 3.62. The number of aryl methyl sites for hydroxylation is 1. The fourth-order valence-electron chi connectivity index (χ4n) is 2.18. The Hall–Kier alpha value is -1.59. The quantitative estimate of drug-likeness (QED) is 0.866. The number of nitrogens with zero attached hydrogens (tertiary/aromatic N) is 2. The van der Waals surface area contributed by atoms with Gasteiger partial charge in [-0.2, -0.15) is 0 Å². The van der Waals surface area contributed by atoms with Crippen LogP contribution < -0.4 is 5.32 Å². The number of halogens is 1. The summed E-state index contributed by atoms with van der Waals surface area (Å²) in [5.41, 5.74) is 1.56. The third kappa shape index (κ3) is 4.44. The van der Waals surface area contributed by atoms with Crippen LogP contribution in [-0.4, -0.2) is 54.8 Å². The van der Waals surface area contributed by atoms with E-state index in [9.17, 15) is 9.59 Å². The van der Waals surface area contributed by atoms with Crippen LogP contribution >= 0.6 is 11.6 Å². The first-order chi connectivity index (χ1) is 9.95. The van der Waals surface area contributed by atoms with E-state index in [1.54, 1.807) is 17.0 Å². The Labute approximate surface area is 129 Å². The number of rotatable bonds is 3. The van der Waals surface area contributed by atoms with Crippen LogP contribution in [0.4, 0.5) is 5.69 Å². The fraction of sp³-hybridized carbons (Fsp3) is 0.467. The van der Waals surface area contributed by atoms with Gasteiger partial charge in [-0.15, -0.1) is 0 Å². The molecule has 0 radical (unpaired) electrons. The van der Waals surface area contributed by atoms with E-state index in [0.717, 1.165) is 18.7 Å². The molecule has 1 fully saturated rings. The van der Waals surface area contributed by atoms with Crippen molar-refractivity contribution in [3.8, 4) is 0 Å². The van der Waals surface area contributed by atoms with Crippen LogP contribution in [0.3, 0.4) is 0 Å². The second-order valence-electron chi connectivity index (χ2n) is 5.37. The maximum Gasteiger partial charge on any atom is 0.233 e. The molecule has 114 valence electrons. The average molecular weight is 310 g/mol. The van der Waals surface area contributed by atoms with Crippen LogP contribution in [0.1, 0.15) is 12.0 Å². The summed E-state index contributed by atoms with van der Waals surface area (Å²) in [5.74, 6) is -0.433. The number of benzene rings is 1. The van der Waals surface area contributed by atoms with Gasteiger partial charge in [0, 0.05) is 36.9 Å². The first-order valence-electron chi connectivity index (χ1n) is 6.98. The summed E-state index contributed by atoms with van der Waals surface area (Å²) < 4.78 is 0. The van der Waals surface area contributed by atoms with E-state index in [1.807, 2.05) is 20.0 Å². The topological polar surface area (TPSA) is 52.7 Å². The second-order valence-corrected chi connectivity index (χ2v) is 5.78. The highest BCUT2D eigenvalue weighted by Gasteiger charge is 2.21. The minimum Gasteiger partial charge on any atom is -0.340 e. The smallest absolute Gasteiger partial charge is 0.233 e. The number of carbonyl (C=O) groups is 2. The number of hydrogen-bond acceptors (Lipinski definition) is 3. The molecule has 0 bridgehead atoms. The minimum atomic E-state index is -0.307. The highest BCUT2D eigenvalue weighted by Crippen LogP contribution is 2.20. The maximum atomic E-state index is 12.0. The van der Waals surface area contributed by atoms with Gasteiger partial charge in [-0.05, 0) is 31.7 Å². The van der Waals surface area contributed by atoms with Crippen molar-refractivity contribution in [3.05, 3.63) is 28.8 Å². The lowest BCUT2D eigenvalue weighted by Gasteiger charge is -2.32. The molecule has 0 atom stereocenters. The molecular weight excluding hydrogens is 290 g/mol. The van der Waals surface area contributed by atoms with Gasteiger partial charge in [0.15, 0.2) is 0 Å². The molecule has 1 aliphatic heterocycles. The number of hydrogen-bond donors (Lipinski definition) is 1. The Morgan fingerprint density at radius 3 is 2.52 bits per heavy atom. The van der Waals surface area contributed by atoms with Crippen LogP contribution in [0, 0.1) is 6.92 Å². The second kappa shape index (κ2) is 6.91. The Kier molecular flexibility index (Phi) is 5.20. The largest absolute Gasteiger partial charge is 0.340 e. The molecule has 6 heteroatoms. The lowest BCUT2D eigenvalue weighted by Crippen LogP contribution is -2.47. The van der Waals surface area contributed by atoms with Crippen molar-refractivity contribution < 1.29 is 9.59 Å². The van der Waals surface area contributed by atoms with Crippen molar-refractivity contribution in [2.24, 2.45) is 0 Å². The van der Waals surface area contributed by atoms with Crippen LogP contribution in [0.5, 0.6) is 0 Å². The number of piperazine rings is 1. The number of likely N-dealkylation sites (N-methyl/N-ethyl adjacent to an activating group) is 1. The molecule has 1 heterocycles. The summed E-state index contributed by atoms with van der Waals surface area (Å²) in [6.45, 7) is 4.95. The van der Waals surface area contributed by atoms with E-state index in [4.69, 9.17) is 11.6 Å². The fourth-order valence-corrected chi connectivity index (χ4v) is 2.36. The standard InChI is InChI=1S/C15H20ClN3O2/c1-11-3-4-12(9-13(11)16)17-14(20)10-15(21)19-7-5-18(2)6-8-19/h3-4,9H,5-8,10H2,1-2H3,(H,17,20). The number of anilines is 1. The Morgan fingerprint density at radius 1 is 1.24 bits per heavy atom. The van der Waals surface area contributed by atoms with Crippen LogP contribution in [0.25, 0.3) is 0 Å². The van der Waals surface area contributed by atoms with Gasteiger partial charge >= 0.3 is 0 Å². The summed E-state index contributed by atoms with van der Waals surface area (Å²) in [4.78, 5) is 27.9. The van der Waals surface area contributed by atoms with Crippen molar-refractivity contribution in [1.82, 2.24) is 9.80 Å². The number of carbonyl (C=O) groups excluding carboxylic acids is 2. The van der Waals surface area contributed by atoms with E-state index >= 15 is 0 Å². The normalized spacial score (nSPS) is 15.9. The molecule has 1 saturated heterocycles. The van der Waals surface area contributed by atoms with Gasteiger partial charge in [-0.25, -0.2) is 0 Å². The van der Waals surface area contributed by atoms with E-state index in [2.05, 4.69) is 10.2 Å². The summed E-state index contributed by atoms with van der Waals surface area (Å²) in [5, 5.41) is 3.30. The zero-order valence-electron chi connectivity index (χ0n) is 12.4. The summed E-state index contributed by atoms with van der Waals surface area (Å²) >= 11 is 6.01. The van der Waals surface area contributed by atoms with Gasteiger partial charge in [0.2, 0.25) is 11.8 Å². The summed E-state index contributed by atoms with van der Waals surface area (Å²) in [6, 6.07) is 5.30. The number of nitrogens with one attached hydrogen (secondary N) is 1. The van der Waals surface area contributed by atoms with Crippen molar-refractivity contribution in [3.63, 3.8) is 0 Å². The summed E-state index contributed by atoms with van der Waals surface area (Å²) in [6.07, 6.45) is -0.130. The molecule has 1 aromatic carbocycles. The van der Waals surface area contributed by atoms with Crippen molar-refractivity contribution in [2.45, 2.75) is 13.3 Å². The molecular formula is C15H20ClN3O2. The number of amides is 2. The maximum absolute atomic E-state index is 12.0. The highest BCUT2D eigenvalue weighted by molar-refractivity contribution is 6.31. The monoisotopic (exact) mass is 309 g/mol. The molecule has 1 aromatic rings. The van der Waals surface area contributed by atoms with E-state index in [-0.39, 0.29) is 18.2 Å². The van der Waals surface area contributed by atoms with Crippen molar-refractivity contribution in [1.29, 1.82) is 0 Å². The van der Waals surface area contributed by atoms with Gasteiger partial charge in [-0.3, -0.25) is 9.59 Å². The first kappa shape index (κ1) is 15.8. The molecule has 1 N–H and O–H groups in total. The van der Waals surface area contributed by atoms with E-state index < -0.39 is 0 Å². The van der Waals surface area contributed by atoms with Gasteiger partial charge in [0.25, 0.3) is 0 Å². The molecule has 2 rings (SSSR count). The van der Waals surface area contributed by atoms with E-state index in [1.165, 1.54) is 0 Å². The van der Waals surface area contributed by atoms with Crippen molar-refractivity contribution >= 4 is 29.1 Å². The van der Waals surface area contributed by atoms with Crippen LogP contribution in [0.15, 0.2) is 18.2 Å². The van der Waals surface area contributed by atoms with Gasteiger partial charge in [0.1, 0.15) is 6.42 Å². The molecule has 1 aliphatic rings. The van der Waals surface area contributed by atoms with Gasteiger partial charge in [0.05, 0.1) is 0 Å². The molecule has 0 aliphatic carbocycles. The Morgan fingerprint density at radius 2 is 1.90 bits per heavy atom. The molecule has 0 saturated carbocycles. The lowest BCUT2D eigenvalue weighted by molar-refractivity contribution is -0.135. The first-order valence-corrected chi connectivity index (χ1v) is 7.36. The van der Waals surface area contributed by atoms with Gasteiger partial charge in [-0.1, -0.05) is 17.7 Å². The SMILES string of the molecule is Cc1ccc(NC(=O)CC(=O)N2CCN(C)CC2)cc1Cl. The zero-order chi connectivity index (χ0) is 15.4. The van der Waals surface area contributed by atoms with E-state index in [0.29, 0.717) is 23.8 Å². The molecule has 2 amide bonds. The predicted molar refractivity (Wildman–Crippen MR) is 83.5 cm³/mol. The third-order valence-corrected chi connectivity index (χ3v) is 4.03. The lowest BCUT2D eigenvalue weighted by atomic mass is 10.2. The minimum absolute atomic E-state index is 0.126. The average Bonchev–Trinajstić information content (AvgIpc) is 2.43. The van der Waals surface area contributed by atoms with Crippen molar-refractivity contribution in [2.75, 3.05) is 38.5 Å². The van der Waals surface area contributed by atoms with Crippen LogP contribution in [0.2, 0.25) is 5.02 Å². The zero-order valence-corrected chi connectivity index (χ0v) is 13.1. The molecule has 0 unspecified atom stereocenters. The molecule has 5 nitrogen and oxygen atoms in total. The Bertz CT molecular complexity index is 540. The van der Waals surface area contributed by atoms with Crippen LogP contribution in [-0.2, 0) is 9.59 Å². The molecule has 0 aromatic heterocycles.